The van der Waals surface area contributed by atoms with Gasteiger partial charge in [-0.25, -0.2) is 0 Å². The Bertz CT molecular complexity index is 288. The van der Waals surface area contributed by atoms with Crippen LogP contribution in [0.2, 0.25) is 0 Å². The quantitative estimate of drug-likeness (QED) is 0.302. The van der Waals surface area contributed by atoms with Gasteiger partial charge in [0, 0.05) is 31.0 Å². The van der Waals surface area contributed by atoms with Crippen LogP contribution in [0.15, 0.2) is 5.11 Å². The highest BCUT2D eigenvalue weighted by atomic mass is 16.2. The summed E-state index contributed by atoms with van der Waals surface area (Å²) in [4.78, 5) is 16.3. The molecule has 0 saturated carbocycles. The largest absolute Gasteiger partial charge is 0.342 e. The summed E-state index contributed by atoms with van der Waals surface area (Å²) in [7, 11) is 0. The molecule has 1 amide bonds. The summed E-state index contributed by atoms with van der Waals surface area (Å²) in [6.45, 7) is 2.76. The molecule has 0 bridgehead atoms. The van der Waals surface area contributed by atoms with Crippen LogP contribution in [0, 0.1) is 5.92 Å². The molecule has 0 aromatic heterocycles. The Morgan fingerprint density at radius 2 is 2.18 bits per heavy atom. The number of nitrogens with zero attached hydrogens (tertiary/aromatic N) is 4. The molecule has 1 atom stereocenters. The summed E-state index contributed by atoms with van der Waals surface area (Å²) in [5, 5.41) is 3.53. The van der Waals surface area contributed by atoms with E-state index in [0.717, 1.165) is 45.3 Å². The van der Waals surface area contributed by atoms with E-state index >= 15 is 0 Å². The van der Waals surface area contributed by atoms with Gasteiger partial charge in [0.2, 0.25) is 5.91 Å². The smallest absolute Gasteiger partial charge is 0.222 e. The number of unbranched alkanes of at least 4 members (excludes halogenated alkanes) is 3. The average molecular weight is 239 g/mol. The van der Waals surface area contributed by atoms with Crippen molar-refractivity contribution in [2.24, 2.45) is 16.8 Å². The summed E-state index contributed by atoms with van der Waals surface area (Å²) in [6, 6.07) is 0. The van der Waals surface area contributed by atoms with Gasteiger partial charge < -0.3 is 10.6 Å². The second-order valence-corrected chi connectivity index (χ2v) is 4.53. The first-order valence-corrected chi connectivity index (χ1v) is 6.26. The fraction of sp³-hybridized carbons (Fsp3) is 0.909. The van der Waals surface area contributed by atoms with E-state index in [1.54, 1.807) is 0 Å². The van der Waals surface area contributed by atoms with Crippen molar-refractivity contribution in [2.45, 2.75) is 32.1 Å². The standard InChI is InChI=1S/C11H21N5O/c12-5-3-1-2-4-6-16-9-10(7-11(16)17)8-14-15-13/h10H,1-9,12H2. The molecule has 17 heavy (non-hydrogen) atoms. The summed E-state index contributed by atoms with van der Waals surface area (Å²) in [5.74, 6) is 0.407. The molecule has 1 fully saturated rings. The normalized spacial score (nSPS) is 19.5. The fourth-order valence-corrected chi connectivity index (χ4v) is 2.14. The molecule has 1 heterocycles. The second-order valence-electron chi connectivity index (χ2n) is 4.53. The third kappa shape index (κ3) is 5.06. The Morgan fingerprint density at radius 3 is 2.88 bits per heavy atom. The average Bonchev–Trinajstić information content (AvgIpc) is 2.67. The van der Waals surface area contributed by atoms with Crippen molar-refractivity contribution in [3.8, 4) is 0 Å². The van der Waals surface area contributed by atoms with Gasteiger partial charge in [-0.15, -0.1) is 0 Å². The summed E-state index contributed by atoms with van der Waals surface area (Å²) >= 11 is 0. The summed E-state index contributed by atoms with van der Waals surface area (Å²) in [5.41, 5.74) is 13.6. The molecule has 1 rings (SSSR count). The monoisotopic (exact) mass is 239 g/mol. The summed E-state index contributed by atoms with van der Waals surface area (Å²) in [6.07, 6.45) is 4.90. The van der Waals surface area contributed by atoms with Crippen LogP contribution in [0.25, 0.3) is 10.4 Å². The van der Waals surface area contributed by atoms with Crippen molar-refractivity contribution in [3.63, 3.8) is 0 Å². The molecule has 0 aliphatic carbocycles. The minimum absolute atomic E-state index is 0.196. The molecular formula is C11H21N5O. The molecule has 0 aromatic carbocycles. The third-order valence-corrected chi connectivity index (χ3v) is 3.08. The van der Waals surface area contributed by atoms with Crippen molar-refractivity contribution >= 4 is 5.91 Å². The summed E-state index contributed by atoms with van der Waals surface area (Å²) < 4.78 is 0. The molecule has 1 unspecified atom stereocenters. The number of amides is 1. The molecule has 0 aromatic rings. The number of carbonyl (C=O) groups excluding carboxylic acids is 1. The molecule has 0 radical (unpaired) electrons. The van der Waals surface area contributed by atoms with Gasteiger partial charge >= 0.3 is 0 Å². The zero-order valence-electron chi connectivity index (χ0n) is 10.2. The van der Waals surface area contributed by atoms with E-state index in [9.17, 15) is 4.79 Å². The van der Waals surface area contributed by atoms with Gasteiger partial charge in [0.1, 0.15) is 0 Å². The first kappa shape index (κ1) is 13.8. The molecule has 2 N–H and O–H groups in total. The molecule has 1 aliphatic rings. The van der Waals surface area contributed by atoms with Gasteiger partial charge in [0.15, 0.2) is 0 Å². The van der Waals surface area contributed by atoms with Gasteiger partial charge in [-0.2, -0.15) is 0 Å². The molecule has 0 spiro atoms. The van der Waals surface area contributed by atoms with Crippen molar-refractivity contribution in [1.29, 1.82) is 0 Å². The second kappa shape index (κ2) is 7.92. The predicted molar refractivity (Wildman–Crippen MR) is 66.2 cm³/mol. The van der Waals surface area contributed by atoms with Crippen LogP contribution in [0.3, 0.4) is 0 Å². The molecular weight excluding hydrogens is 218 g/mol. The molecule has 1 aliphatic heterocycles. The Labute approximate surface area is 102 Å². The zero-order chi connectivity index (χ0) is 12.5. The van der Waals surface area contributed by atoms with E-state index in [4.69, 9.17) is 11.3 Å². The Hall–Kier alpha value is -1.26. The SMILES string of the molecule is [N-]=[N+]=NCC1CC(=O)N(CCCCCCN)C1. The van der Waals surface area contributed by atoms with Crippen LogP contribution in [0.1, 0.15) is 32.1 Å². The topological polar surface area (TPSA) is 95.1 Å². The van der Waals surface area contributed by atoms with Crippen LogP contribution in [0.4, 0.5) is 0 Å². The lowest BCUT2D eigenvalue weighted by atomic mass is 10.1. The third-order valence-electron chi connectivity index (χ3n) is 3.08. The van der Waals surface area contributed by atoms with E-state index in [-0.39, 0.29) is 11.8 Å². The van der Waals surface area contributed by atoms with Gasteiger partial charge in [-0.05, 0) is 30.8 Å². The van der Waals surface area contributed by atoms with Crippen molar-refractivity contribution in [3.05, 3.63) is 10.4 Å². The number of carbonyl (C=O) groups is 1. The van der Waals surface area contributed by atoms with E-state index in [2.05, 4.69) is 10.0 Å². The maximum Gasteiger partial charge on any atom is 0.222 e. The van der Waals surface area contributed by atoms with Crippen LogP contribution in [-0.2, 0) is 4.79 Å². The van der Waals surface area contributed by atoms with Gasteiger partial charge in [0.05, 0.1) is 0 Å². The number of hydrogen-bond donors (Lipinski definition) is 1. The van der Waals surface area contributed by atoms with Crippen molar-refractivity contribution < 1.29 is 4.79 Å². The Balaban J connectivity index is 2.16. The number of nitrogens with two attached hydrogens (primary N) is 1. The molecule has 6 heteroatoms. The minimum Gasteiger partial charge on any atom is -0.342 e. The number of rotatable bonds is 8. The van der Waals surface area contributed by atoms with Gasteiger partial charge in [-0.3, -0.25) is 4.79 Å². The highest BCUT2D eigenvalue weighted by molar-refractivity contribution is 5.78. The van der Waals surface area contributed by atoms with Crippen LogP contribution < -0.4 is 5.73 Å². The first-order valence-electron chi connectivity index (χ1n) is 6.26. The minimum atomic E-state index is 0.196. The maximum atomic E-state index is 11.6. The van der Waals surface area contributed by atoms with E-state index in [0.29, 0.717) is 13.0 Å². The predicted octanol–water partition coefficient (Wildman–Crippen LogP) is 1.66. The lowest BCUT2D eigenvalue weighted by Gasteiger charge is -2.15. The highest BCUT2D eigenvalue weighted by Gasteiger charge is 2.28. The van der Waals surface area contributed by atoms with Crippen molar-refractivity contribution in [2.75, 3.05) is 26.2 Å². The Kier molecular flexibility index (Phi) is 6.43. The zero-order valence-corrected chi connectivity index (χ0v) is 10.2. The number of azide groups is 1. The molecule has 1 saturated heterocycles. The van der Waals surface area contributed by atoms with Crippen molar-refractivity contribution in [1.82, 2.24) is 4.90 Å². The first-order chi connectivity index (χ1) is 8.27. The lowest BCUT2D eigenvalue weighted by Crippen LogP contribution is -2.26. The van der Waals surface area contributed by atoms with Crippen LogP contribution in [-0.4, -0.2) is 37.0 Å². The highest BCUT2D eigenvalue weighted by Crippen LogP contribution is 2.18. The van der Waals surface area contributed by atoms with Crippen LogP contribution in [0.5, 0.6) is 0 Å². The maximum absolute atomic E-state index is 11.6. The number of hydrogen-bond acceptors (Lipinski definition) is 3. The van der Waals surface area contributed by atoms with Crippen LogP contribution >= 0.6 is 0 Å². The van der Waals surface area contributed by atoms with Gasteiger partial charge in [0.25, 0.3) is 0 Å². The van der Waals surface area contributed by atoms with E-state index in [1.165, 1.54) is 0 Å². The van der Waals surface area contributed by atoms with Gasteiger partial charge in [-0.1, -0.05) is 18.0 Å². The fourth-order valence-electron chi connectivity index (χ4n) is 2.14. The Morgan fingerprint density at radius 1 is 1.41 bits per heavy atom. The number of likely N-dealkylation sites (tertiary alicyclic amines) is 1. The van der Waals surface area contributed by atoms with E-state index in [1.807, 2.05) is 4.90 Å². The lowest BCUT2D eigenvalue weighted by molar-refractivity contribution is -0.127. The molecule has 6 nitrogen and oxygen atoms in total. The molecule has 96 valence electrons. The van der Waals surface area contributed by atoms with E-state index < -0.39 is 0 Å².